The number of benzene rings is 1. The fraction of sp³-hybridized carbons (Fsp3) is 0.360. The van der Waals surface area contributed by atoms with Crippen molar-refractivity contribution in [3.05, 3.63) is 69.1 Å². The Hall–Kier alpha value is -4.06. The second-order valence-corrected chi connectivity index (χ2v) is 8.30. The number of anilines is 1. The van der Waals surface area contributed by atoms with E-state index in [9.17, 15) is 33.5 Å². The number of aryl methyl sites for hydroxylation is 1. The van der Waals surface area contributed by atoms with E-state index in [2.05, 4.69) is 15.6 Å². The van der Waals surface area contributed by atoms with Gasteiger partial charge in [0.1, 0.15) is 17.2 Å². The van der Waals surface area contributed by atoms with E-state index in [1.807, 2.05) is 0 Å². The number of carbonyl (C=O) groups excluding carboxylic acids is 2. The number of halogens is 2. The van der Waals surface area contributed by atoms with Gasteiger partial charge in [-0.15, -0.1) is 4.73 Å². The quantitative estimate of drug-likeness (QED) is 0.163. The molecule has 0 bridgehead atoms. The normalized spacial score (nSPS) is 10.9. The lowest BCUT2D eigenvalue weighted by molar-refractivity contribution is -0.141. The predicted octanol–water partition coefficient (Wildman–Crippen LogP) is 2.52. The first-order valence-electron chi connectivity index (χ1n) is 11.7. The first-order chi connectivity index (χ1) is 17.7. The molecular formula is C25H28F2N4O6. The number of rotatable bonds is 12. The Morgan fingerprint density at radius 2 is 1.95 bits per heavy atom. The summed E-state index contributed by atoms with van der Waals surface area (Å²) in [6.45, 7) is 1.04. The first kappa shape index (κ1) is 27.5. The van der Waals surface area contributed by atoms with Crippen molar-refractivity contribution in [2.24, 2.45) is 0 Å². The van der Waals surface area contributed by atoms with E-state index in [1.54, 1.807) is 6.07 Å². The monoisotopic (exact) mass is 518 g/mol. The second-order valence-electron chi connectivity index (χ2n) is 8.30. The Morgan fingerprint density at radius 1 is 1.16 bits per heavy atom. The van der Waals surface area contributed by atoms with E-state index in [-0.39, 0.29) is 52.7 Å². The van der Waals surface area contributed by atoms with Crippen molar-refractivity contribution in [1.29, 1.82) is 0 Å². The molecule has 0 fully saturated rings. The number of aliphatic hydroxyl groups excluding tert-OH is 1. The van der Waals surface area contributed by atoms with Gasteiger partial charge in [0.2, 0.25) is 0 Å². The molecule has 12 heteroatoms. The number of aromatic nitrogens is 2. The van der Waals surface area contributed by atoms with Crippen molar-refractivity contribution >= 4 is 28.6 Å². The summed E-state index contributed by atoms with van der Waals surface area (Å²) in [5, 5.41) is 25.3. The highest BCUT2D eigenvalue weighted by Gasteiger charge is 2.23. The van der Waals surface area contributed by atoms with Gasteiger partial charge in [-0.25, -0.2) is 13.8 Å². The number of carbonyl (C=O) groups is 2. The summed E-state index contributed by atoms with van der Waals surface area (Å²) in [5.41, 5.74) is -0.777. The SMILES string of the molecule is CC(=O)OCCCCCc1cnc2c(c1)c(NCCO)c(C(=O)NCc1ccc(F)cc1F)c(=O)n2O. The van der Waals surface area contributed by atoms with E-state index in [1.165, 1.54) is 19.2 Å². The standard InChI is InChI=1S/C25H28F2N4O6/c1-15(33)37-10-4-2-3-5-16-11-19-22(28-8-9-32)21(25(35)31(36)23(19)29-13-16)24(34)30-14-17-6-7-18(26)12-20(17)27/h6-7,11-13,28,32,36H,2-5,8-10,14H2,1H3,(H,30,34). The van der Waals surface area contributed by atoms with Crippen LogP contribution in [0.1, 0.15) is 47.7 Å². The molecule has 2 heterocycles. The summed E-state index contributed by atoms with van der Waals surface area (Å²) < 4.78 is 32.3. The van der Waals surface area contributed by atoms with Crippen LogP contribution >= 0.6 is 0 Å². The van der Waals surface area contributed by atoms with Crippen molar-refractivity contribution < 1.29 is 33.4 Å². The lowest BCUT2D eigenvalue weighted by Gasteiger charge is -2.16. The molecule has 198 valence electrons. The number of ether oxygens (including phenoxy) is 1. The number of hydrogen-bond donors (Lipinski definition) is 4. The molecule has 4 N–H and O–H groups in total. The lowest BCUT2D eigenvalue weighted by Crippen LogP contribution is -2.34. The molecule has 3 aromatic rings. The number of unbranched alkanes of at least 4 members (excludes halogenated alkanes) is 2. The second kappa shape index (κ2) is 12.8. The summed E-state index contributed by atoms with van der Waals surface area (Å²) in [6.07, 6.45) is 4.34. The topological polar surface area (TPSA) is 143 Å². The Kier molecular flexibility index (Phi) is 9.50. The molecule has 3 rings (SSSR count). The third kappa shape index (κ3) is 7.00. The van der Waals surface area contributed by atoms with Crippen molar-refractivity contribution in [2.75, 3.05) is 25.1 Å². The van der Waals surface area contributed by atoms with Crippen molar-refractivity contribution in [1.82, 2.24) is 15.0 Å². The van der Waals surface area contributed by atoms with Crippen LogP contribution < -0.4 is 16.2 Å². The average molecular weight is 519 g/mol. The molecule has 10 nitrogen and oxygen atoms in total. The van der Waals surface area contributed by atoms with Gasteiger partial charge in [0.15, 0.2) is 5.65 Å². The van der Waals surface area contributed by atoms with Crippen LogP contribution in [0, 0.1) is 11.6 Å². The van der Waals surface area contributed by atoms with E-state index in [0.29, 0.717) is 25.5 Å². The fourth-order valence-electron chi connectivity index (χ4n) is 3.76. The van der Waals surface area contributed by atoms with Crippen LogP contribution in [-0.4, -0.2) is 51.7 Å². The molecule has 0 spiro atoms. The molecule has 0 unspecified atom stereocenters. The van der Waals surface area contributed by atoms with Gasteiger partial charge in [0.05, 0.1) is 18.9 Å². The minimum Gasteiger partial charge on any atom is -0.466 e. The van der Waals surface area contributed by atoms with E-state index >= 15 is 0 Å². The zero-order valence-corrected chi connectivity index (χ0v) is 20.2. The molecule has 0 atom stereocenters. The van der Waals surface area contributed by atoms with Crippen LogP contribution in [0.3, 0.4) is 0 Å². The molecule has 2 aromatic heterocycles. The lowest BCUT2D eigenvalue weighted by atomic mass is 10.0. The van der Waals surface area contributed by atoms with Gasteiger partial charge < -0.3 is 25.7 Å². The predicted molar refractivity (Wildman–Crippen MR) is 130 cm³/mol. The highest BCUT2D eigenvalue weighted by Crippen LogP contribution is 2.25. The number of nitrogens with one attached hydrogen (secondary N) is 2. The van der Waals surface area contributed by atoms with Crippen molar-refractivity contribution in [3.8, 4) is 0 Å². The first-order valence-corrected chi connectivity index (χ1v) is 11.7. The average Bonchev–Trinajstić information content (AvgIpc) is 2.86. The summed E-state index contributed by atoms with van der Waals surface area (Å²) in [7, 11) is 0. The van der Waals surface area contributed by atoms with E-state index in [0.717, 1.165) is 24.5 Å². The summed E-state index contributed by atoms with van der Waals surface area (Å²) in [6, 6.07) is 4.56. The van der Waals surface area contributed by atoms with E-state index < -0.39 is 28.7 Å². The molecule has 1 aromatic carbocycles. The van der Waals surface area contributed by atoms with Gasteiger partial charge in [0, 0.05) is 43.2 Å². The highest BCUT2D eigenvalue weighted by molar-refractivity contribution is 6.06. The van der Waals surface area contributed by atoms with Crippen LogP contribution in [0.2, 0.25) is 0 Å². The maximum absolute atomic E-state index is 14.0. The number of pyridine rings is 2. The molecule has 0 saturated carbocycles. The minimum atomic E-state index is -1.06. The molecule has 0 aliphatic heterocycles. The van der Waals surface area contributed by atoms with Crippen molar-refractivity contribution in [3.63, 3.8) is 0 Å². The Morgan fingerprint density at radius 3 is 2.65 bits per heavy atom. The zero-order chi connectivity index (χ0) is 26.9. The Bertz CT molecular complexity index is 1340. The number of nitrogens with zero attached hydrogens (tertiary/aromatic N) is 2. The fourth-order valence-corrected chi connectivity index (χ4v) is 3.76. The van der Waals surface area contributed by atoms with Crippen LogP contribution in [0.4, 0.5) is 14.5 Å². The maximum atomic E-state index is 14.0. The van der Waals surface area contributed by atoms with Crippen LogP contribution in [-0.2, 0) is 22.5 Å². The Labute approximate surface area is 210 Å². The van der Waals surface area contributed by atoms with Gasteiger partial charge >= 0.3 is 5.97 Å². The molecule has 0 saturated heterocycles. The number of aliphatic hydroxyl groups is 1. The highest BCUT2D eigenvalue weighted by atomic mass is 19.1. The molecule has 37 heavy (non-hydrogen) atoms. The molecule has 1 amide bonds. The summed E-state index contributed by atoms with van der Waals surface area (Å²) >= 11 is 0. The number of fused-ring (bicyclic) bond motifs is 1. The number of hydrogen-bond acceptors (Lipinski definition) is 8. The Balaban J connectivity index is 1.89. The third-order valence-electron chi connectivity index (χ3n) is 5.56. The van der Waals surface area contributed by atoms with Gasteiger partial charge in [0.25, 0.3) is 11.5 Å². The number of amides is 1. The molecular weight excluding hydrogens is 490 g/mol. The third-order valence-corrected chi connectivity index (χ3v) is 5.56. The summed E-state index contributed by atoms with van der Waals surface area (Å²) in [5.74, 6) is -2.87. The van der Waals surface area contributed by atoms with Gasteiger partial charge in [-0.3, -0.25) is 14.4 Å². The van der Waals surface area contributed by atoms with Crippen molar-refractivity contribution in [2.45, 2.75) is 39.2 Å². The van der Waals surface area contributed by atoms with Crippen LogP contribution in [0.5, 0.6) is 0 Å². The van der Waals surface area contributed by atoms with Gasteiger partial charge in [-0.1, -0.05) is 6.07 Å². The number of esters is 1. The van der Waals surface area contributed by atoms with E-state index in [4.69, 9.17) is 4.74 Å². The van der Waals surface area contributed by atoms with Gasteiger partial charge in [-0.05, 0) is 43.4 Å². The molecule has 0 aliphatic rings. The molecule has 0 radical (unpaired) electrons. The largest absolute Gasteiger partial charge is 0.466 e. The summed E-state index contributed by atoms with van der Waals surface area (Å²) in [4.78, 5) is 40.9. The zero-order valence-electron chi connectivity index (χ0n) is 20.2. The maximum Gasteiger partial charge on any atom is 0.302 e. The smallest absolute Gasteiger partial charge is 0.302 e. The minimum absolute atomic E-state index is 0.00221. The molecule has 0 aliphatic carbocycles. The van der Waals surface area contributed by atoms with Crippen LogP contribution in [0.25, 0.3) is 11.0 Å². The van der Waals surface area contributed by atoms with Gasteiger partial charge in [-0.2, -0.15) is 0 Å². The van der Waals surface area contributed by atoms with Crippen LogP contribution in [0.15, 0.2) is 35.3 Å².